The molecule has 0 fully saturated rings. The Labute approximate surface area is 115 Å². The van der Waals surface area contributed by atoms with Crippen molar-refractivity contribution in [1.29, 1.82) is 0 Å². The monoisotopic (exact) mass is 271 g/mol. The minimum atomic E-state index is -1.04. The fourth-order valence-electron chi connectivity index (χ4n) is 1.97. The van der Waals surface area contributed by atoms with Gasteiger partial charge in [-0.15, -0.1) is 0 Å². The van der Waals surface area contributed by atoms with E-state index >= 15 is 0 Å². The van der Waals surface area contributed by atoms with Crippen molar-refractivity contribution in [3.05, 3.63) is 48.2 Å². The second-order valence-electron chi connectivity index (χ2n) is 4.74. The molecule has 0 saturated heterocycles. The Morgan fingerprint density at radius 3 is 2.80 bits per heavy atom. The van der Waals surface area contributed by atoms with Crippen molar-refractivity contribution in [3.63, 3.8) is 0 Å². The Morgan fingerprint density at radius 2 is 2.10 bits per heavy atom. The third-order valence-electron chi connectivity index (χ3n) is 3.13. The van der Waals surface area contributed by atoms with Crippen LogP contribution in [0.1, 0.15) is 18.9 Å². The molecule has 0 radical (unpaired) electrons. The summed E-state index contributed by atoms with van der Waals surface area (Å²) in [6.07, 6.45) is 1.79. The number of aromatic nitrogens is 1. The first-order valence-electron chi connectivity index (χ1n) is 6.20. The lowest BCUT2D eigenvalue weighted by Gasteiger charge is -2.19. The fraction of sp³-hybridized carbons (Fsp3) is 0.214. The molecule has 0 bridgehead atoms. The number of anilines is 1. The van der Waals surface area contributed by atoms with Crippen LogP contribution < -0.4 is 5.32 Å². The number of carbonyl (C=O) groups is 1. The van der Waals surface area contributed by atoms with Crippen molar-refractivity contribution in [2.45, 2.75) is 18.9 Å². The normalized spacial score (nSPS) is 21.1. The van der Waals surface area contributed by atoms with E-state index in [0.717, 1.165) is 11.3 Å². The molecule has 1 aromatic heterocycles. The molecule has 2 heterocycles. The van der Waals surface area contributed by atoms with Crippen molar-refractivity contribution < 1.29 is 14.2 Å². The summed E-state index contributed by atoms with van der Waals surface area (Å²) in [5.41, 5.74) is 0.665. The number of amides is 1. The Balaban J connectivity index is 1.72. The van der Waals surface area contributed by atoms with Gasteiger partial charge in [0.2, 0.25) is 5.60 Å². The standard InChI is InChI=1S/C14H13N3O3/c1-14(13(18)15-12-7-8-19-17-12)9-11(16-20-14)10-5-3-2-4-6-10/h2-8H,9H2,1H3,(H,15,17,18)/t14-/m1/s1. The van der Waals surface area contributed by atoms with Crippen LogP contribution in [0.25, 0.3) is 0 Å². The van der Waals surface area contributed by atoms with Crippen molar-refractivity contribution in [3.8, 4) is 0 Å². The van der Waals surface area contributed by atoms with Gasteiger partial charge in [-0.3, -0.25) is 4.79 Å². The maximum absolute atomic E-state index is 12.2. The maximum Gasteiger partial charge on any atom is 0.272 e. The average molecular weight is 271 g/mol. The predicted octanol–water partition coefficient (Wildman–Crippen LogP) is 2.20. The fourth-order valence-corrected chi connectivity index (χ4v) is 1.97. The molecule has 1 atom stereocenters. The zero-order valence-electron chi connectivity index (χ0n) is 10.9. The molecule has 1 aliphatic heterocycles. The summed E-state index contributed by atoms with van der Waals surface area (Å²) in [5, 5.41) is 10.3. The highest BCUT2D eigenvalue weighted by molar-refractivity contribution is 6.07. The van der Waals surface area contributed by atoms with E-state index in [1.807, 2.05) is 30.3 Å². The van der Waals surface area contributed by atoms with Crippen LogP contribution in [0.2, 0.25) is 0 Å². The van der Waals surface area contributed by atoms with Crippen LogP contribution >= 0.6 is 0 Å². The molecule has 1 amide bonds. The summed E-state index contributed by atoms with van der Waals surface area (Å²) in [4.78, 5) is 17.6. The quantitative estimate of drug-likeness (QED) is 0.928. The van der Waals surface area contributed by atoms with E-state index in [-0.39, 0.29) is 5.91 Å². The highest BCUT2D eigenvalue weighted by Crippen LogP contribution is 2.27. The molecule has 1 aliphatic rings. The van der Waals surface area contributed by atoms with Gasteiger partial charge in [0.1, 0.15) is 6.26 Å². The molecule has 3 rings (SSSR count). The van der Waals surface area contributed by atoms with E-state index in [1.165, 1.54) is 6.26 Å². The smallest absolute Gasteiger partial charge is 0.272 e. The summed E-state index contributed by atoms with van der Waals surface area (Å²) in [6.45, 7) is 1.70. The van der Waals surface area contributed by atoms with Crippen LogP contribution in [0.5, 0.6) is 0 Å². The zero-order chi connectivity index (χ0) is 14.0. The lowest BCUT2D eigenvalue weighted by molar-refractivity contribution is -0.136. The van der Waals surface area contributed by atoms with Crippen molar-refractivity contribution in [2.75, 3.05) is 5.32 Å². The van der Waals surface area contributed by atoms with Gasteiger partial charge in [0.25, 0.3) is 5.91 Å². The largest absolute Gasteiger partial charge is 0.379 e. The Bertz CT molecular complexity index is 637. The Kier molecular flexibility index (Phi) is 2.98. The molecule has 102 valence electrons. The lowest BCUT2D eigenvalue weighted by atomic mass is 9.95. The second kappa shape index (κ2) is 4.80. The number of hydrogen-bond donors (Lipinski definition) is 1. The lowest BCUT2D eigenvalue weighted by Crippen LogP contribution is -2.40. The van der Waals surface area contributed by atoms with Crippen LogP contribution in [0, 0.1) is 0 Å². The molecule has 6 heteroatoms. The minimum Gasteiger partial charge on any atom is -0.379 e. The highest BCUT2D eigenvalue weighted by Gasteiger charge is 2.42. The van der Waals surface area contributed by atoms with Gasteiger partial charge in [-0.05, 0) is 12.5 Å². The molecule has 0 spiro atoms. The molecule has 0 unspecified atom stereocenters. The molecule has 1 aromatic carbocycles. The second-order valence-corrected chi connectivity index (χ2v) is 4.74. The van der Waals surface area contributed by atoms with Gasteiger partial charge >= 0.3 is 0 Å². The van der Waals surface area contributed by atoms with Crippen LogP contribution in [-0.4, -0.2) is 22.4 Å². The number of oxime groups is 1. The predicted molar refractivity (Wildman–Crippen MR) is 72.2 cm³/mol. The van der Waals surface area contributed by atoms with E-state index in [0.29, 0.717) is 12.2 Å². The number of nitrogens with one attached hydrogen (secondary N) is 1. The van der Waals surface area contributed by atoms with Crippen molar-refractivity contribution >= 4 is 17.4 Å². The maximum atomic E-state index is 12.2. The van der Waals surface area contributed by atoms with Gasteiger partial charge in [-0.2, -0.15) is 0 Å². The molecule has 6 nitrogen and oxygen atoms in total. The summed E-state index contributed by atoms with van der Waals surface area (Å²) >= 11 is 0. The Hall–Kier alpha value is -2.63. The summed E-state index contributed by atoms with van der Waals surface area (Å²) in [5.74, 6) is 0.0501. The van der Waals surface area contributed by atoms with Gasteiger partial charge < -0.3 is 14.7 Å². The van der Waals surface area contributed by atoms with E-state index < -0.39 is 5.60 Å². The first-order chi connectivity index (χ1) is 9.67. The Morgan fingerprint density at radius 1 is 1.30 bits per heavy atom. The van der Waals surface area contributed by atoms with Gasteiger partial charge in [-0.1, -0.05) is 40.6 Å². The highest BCUT2D eigenvalue weighted by atomic mass is 16.7. The molecule has 0 saturated carbocycles. The van der Waals surface area contributed by atoms with E-state index in [4.69, 9.17) is 4.84 Å². The van der Waals surface area contributed by atoms with Crippen LogP contribution in [0.3, 0.4) is 0 Å². The third-order valence-corrected chi connectivity index (χ3v) is 3.13. The van der Waals surface area contributed by atoms with Gasteiger partial charge in [-0.25, -0.2) is 0 Å². The molecule has 20 heavy (non-hydrogen) atoms. The third kappa shape index (κ3) is 2.27. The van der Waals surface area contributed by atoms with Gasteiger partial charge in [0, 0.05) is 12.5 Å². The van der Waals surface area contributed by atoms with Crippen LogP contribution in [-0.2, 0) is 9.63 Å². The van der Waals surface area contributed by atoms with E-state index in [1.54, 1.807) is 13.0 Å². The first kappa shape index (κ1) is 12.4. The minimum absolute atomic E-state index is 0.305. The molecule has 2 aromatic rings. The van der Waals surface area contributed by atoms with Crippen molar-refractivity contribution in [2.24, 2.45) is 5.16 Å². The van der Waals surface area contributed by atoms with Crippen LogP contribution in [0.4, 0.5) is 5.82 Å². The summed E-state index contributed by atoms with van der Waals surface area (Å²) in [7, 11) is 0. The van der Waals surface area contributed by atoms with Gasteiger partial charge in [0.05, 0.1) is 5.71 Å². The number of benzene rings is 1. The molecular weight excluding hydrogens is 258 g/mol. The molecule has 0 aliphatic carbocycles. The van der Waals surface area contributed by atoms with Crippen molar-refractivity contribution in [1.82, 2.24) is 5.16 Å². The number of hydrogen-bond acceptors (Lipinski definition) is 5. The van der Waals surface area contributed by atoms with E-state index in [2.05, 4.69) is 20.2 Å². The topological polar surface area (TPSA) is 76.7 Å². The summed E-state index contributed by atoms with van der Waals surface area (Å²) < 4.78 is 4.67. The van der Waals surface area contributed by atoms with E-state index in [9.17, 15) is 4.79 Å². The number of rotatable bonds is 3. The molecule has 1 N–H and O–H groups in total. The summed E-state index contributed by atoms with van der Waals surface area (Å²) in [6, 6.07) is 11.2. The van der Waals surface area contributed by atoms with Crippen LogP contribution in [0.15, 0.2) is 52.3 Å². The molecular formula is C14H13N3O3. The average Bonchev–Trinajstić information content (AvgIpc) is 3.10. The first-order valence-corrected chi connectivity index (χ1v) is 6.20. The SMILES string of the molecule is C[C@]1(C(=O)Nc2ccon2)CC(c2ccccc2)=NO1. The number of nitrogens with zero attached hydrogens (tertiary/aromatic N) is 2. The number of carbonyl (C=O) groups excluding carboxylic acids is 1. The van der Waals surface area contributed by atoms with Gasteiger partial charge in [0.15, 0.2) is 5.82 Å². The zero-order valence-corrected chi connectivity index (χ0v) is 10.9.